The van der Waals surface area contributed by atoms with Gasteiger partial charge < -0.3 is 19.3 Å². The summed E-state index contributed by atoms with van der Waals surface area (Å²) < 4.78 is 7.15. The molecule has 4 rings (SSSR count). The molecule has 3 aromatic rings. The molecule has 1 aliphatic rings. The zero-order chi connectivity index (χ0) is 21.1. The highest BCUT2D eigenvalue weighted by Crippen LogP contribution is 2.34. The van der Waals surface area contributed by atoms with E-state index in [9.17, 15) is 9.90 Å². The molecule has 8 nitrogen and oxygen atoms in total. The van der Waals surface area contributed by atoms with Crippen molar-refractivity contribution in [1.82, 2.24) is 19.5 Å². The molecule has 1 fully saturated rings. The number of anilines is 1. The standard InChI is InChI=1S/C22H27N5O3/c1-26-10-8-18-17(5-9-23-20(18)26)19-21(25-16(14-24-19)4-3-13-30-2)27-11-6-15(7-12-27)22(28)29/h5,8-10,14-15H,3-4,6-7,11-13H2,1-2H3,(H,28,29). The molecule has 3 aromatic heterocycles. The molecule has 0 amide bonds. The minimum Gasteiger partial charge on any atom is -0.481 e. The molecule has 0 spiro atoms. The number of ether oxygens (including phenoxy) is 1. The fourth-order valence-corrected chi connectivity index (χ4v) is 4.05. The van der Waals surface area contributed by atoms with Gasteiger partial charge in [0.15, 0.2) is 5.82 Å². The lowest BCUT2D eigenvalue weighted by atomic mass is 9.96. The second-order valence-corrected chi connectivity index (χ2v) is 7.75. The van der Waals surface area contributed by atoms with Crippen LogP contribution in [0.5, 0.6) is 0 Å². The van der Waals surface area contributed by atoms with Gasteiger partial charge in [0.2, 0.25) is 0 Å². The number of carboxylic acid groups (broad SMARTS) is 1. The van der Waals surface area contributed by atoms with Crippen molar-refractivity contribution in [1.29, 1.82) is 0 Å². The largest absolute Gasteiger partial charge is 0.481 e. The first-order valence-electron chi connectivity index (χ1n) is 10.3. The third-order valence-corrected chi connectivity index (χ3v) is 5.75. The normalized spacial score (nSPS) is 15.1. The van der Waals surface area contributed by atoms with Crippen molar-refractivity contribution in [3.8, 4) is 11.3 Å². The molecule has 0 saturated carbocycles. The van der Waals surface area contributed by atoms with E-state index in [1.54, 1.807) is 13.3 Å². The Morgan fingerprint density at radius 2 is 2.07 bits per heavy atom. The molecule has 0 bridgehead atoms. The highest BCUT2D eigenvalue weighted by Gasteiger charge is 2.27. The third kappa shape index (κ3) is 4.00. The average molecular weight is 409 g/mol. The Morgan fingerprint density at radius 3 is 2.80 bits per heavy atom. The molecule has 8 heteroatoms. The number of hydrogen-bond acceptors (Lipinski definition) is 6. The highest BCUT2D eigenvalue weighted by atomic mass is 16.5. The summed E-state index contributed by atoms with van der Waals surface area (Å²) in [6.07, 6.45) is 8.52. The summed E-state index contributed by atoms with van der Waals surface area (Å²) in [7, 11) is 3.67. The van der Waals surface area contributed by atoms with Gasteiger partial charge in [0.1, 0.15) is 11.3 Å². The molecule has 1 saturated heterocycles. The summed E-state index contributed by atoms with van der Waals surface area (Å²) in [5, 5.41) is 10.4. The summed E-state index contributed by atoms with van der Waals surface area (Å²) >= 11 is 0. The minimum absolute atomic E-state index is 0.288. The van der Waals surface area contributed by atoms with E-state index in [0.29, 0.717) is 32.5 Å². The van der Waals surface area contributed by atoms with Crippen LogP contribution in [0.2, 0.25) is 0 Å². The van der Waals surface area contributed by atoms with Crippen LogP contribution in [0.1, 0.15) is 25.0 Å². The van der Waals surface area contributed by atoms with Crippen LogP contribution in [0.4, 0.5) is 5.82 Å². The van der Waals surface area contributed by atoms with E-state index in [2.05, 4.69) is 9.88 Å². The Morgan fingerprint density at radius 1 is 1.27 bits per heavy atom. The van der Waals surface area contributed by atoms with E-state index >= 15 is 0 Å². The summed E-state index contributed by atoms with van der Waals surface area (Å²) in [5.41, 5.74) is 3.63. The fourth-order valence-electron chi connectivity index (χ4n) is 4.05. The lowest BCUT2D eigenvalue weighted by molar-refractivity contribution is -0.142. The van der Waals surface area contributed by atoms with Crippen LogP contribution in [0.15, 0.2) is 30.7 Å². The molecular weight excluding hydrogens is 382 g/mol. The maximum absolute atomic E-state index is 11.4. The molecule has 0 unspecified atom stereocenters. The number of piperidine rings is 1. The Labute approximate surface area is 175 Å². The van der Waals surface area contributed by atoms with E-state index in [4.69, 9.17) is 14.7 Å². The van der Waals surface area contributed by atoms with Crippen molar-refractivity contribution < 1.29 is 14.6 Å². The second-order valence-electron chi connectivity index (χ2n) is 7.75. The van der Waals surface area contributed by atoms with E-state index in [1.165, 1.54) is 0 Å². The first kappa shape index (κ1) is 20.3. The Bertz CT molecular complexity index is 1040. The molecule has 0 atom stereocenters. The predicted octanol–water partition coefficient (Wildman–Crippen LogP) is 2.91. The lowest BCUT2D eigenvalue weighted by Crippen LogP contribution is -2.37. The van der Waals surface area contributed by atoms with Crippen molar-refractivity contribution in [2.45, 2.75) is 25.7 Å². The number of aliphatic carboxylic acids is 1. The first-order valence-corrected chi connectivity index (χ1v) is 10.3. The molecule has 0 radical (unpaired) electrons. The number of hydrogen-bond donors (Lipinski definition) is 1. The summed E-state index contributed by atoms with van der Waals surface area (Å²) in [6.45, 7) is 1.99. The number of aromatic nitrogens is 4. The van der Waals surface area contributed by atoms with Crippen LogP contribution in [0, 0.1) is 5.92 Å². The number of carboxylic acids is 1. The molecule has 0 aromatic carbocycles. The Hall–Kier alpha value is -3.00. The van der Waals surface area contributed by atoms with Crippen molar-refractivity contribution >= 4 is 22.8 Å². The third-order valence-electron chi connectivity index (χ3n) is 5.75. The van der Waals surface area contributed by atoms with Gasteiger partial charge in [-0.2, -0.15) is 0 Å². The number of pyridine rings is 1. The van der Waals surface area contributed by atoms with Crippen LogP contribution in [0.3, 0.4) is 0 Å². The van der Waals surface area contributed by atoms with E-state index in [-0.39, 0.29) is 5.92 Å². The fraction of sp³-hybridized carbons (Fsp3) is 0.455. The van der Waals surface area contributed by atoms with Gasteiger partial charge in [0.25, 0.3) is 0 Å². The Kier molecular flexibility index (Phi) is 5.94. The second kappa shape index (κ2) is 8.79. The maximum Gasteiger partial charge on any atom is 0.306 e. The van der Waals surface area contributed by atoms with Crippen LogP contribution in [-0.4, -0.2) is 57.4 Å². The number of methoxy groups -OCH3 is 1. The van der Waals surface area contributed by atoms with Gasteiger partial charge in [-0.15, -0.1) is 0 Å². The first-order chi connectivity index (χ1) is 14.6. The van der Waals surface area contributed by atoms with Gasteiger partial charge >= 0.3 is 5.97 Å². The van der Waals surface area contributed by atoms with Gasteiger partial charge in [0.05, 0.1) is 11.6 Å². The number of fused-ring (bicyclic) bond motifs is 1. The highest BCUT2D eigenvalue weighted by molar-refractivity contribution is 5.95. The molecule has 1 aliphatic heterocycles. The van der Waals surface area contributed by atoms with E-state index in [1.807, 2.05) is 36.1 Å². The van der Waals surface area contributed by atoms with E-state index in [0.717, 1.165) is 46.6 Å². The summed E-state index contributed by atoms with van der Waals surface area (Å²) in [5.74, 6) is -0.177. The molecule has 0 aliphatic carbocycles. The van der Waals surface area contributed by atoms with Gasteiger partial charge in [0, 0.05) is 63.4 Å². The van der Waals surface area contributed by atoms with Crippen LogP contribution < -0.4 is 4.90 Å². The van der Waals surface area contributed by atoms with Gasteiger partial charge in [-0.3, -0.25) is 9.78 Å². The Balaban J connectivity index is 1.73. The summed E-state index contributed by atoms with van der Waals surface area (Å²) in [6, 6.07) is 4.02. The van der Waals surface area contributed by atoms with Crippen molar-refractivity contribution in [3.63, 3.8) is 0 Å². The zero-order valence-corrected chi connectivity index (χ0v) is 17.4. The number of rotatable bonds is 7. The van der Waals surface area contributed by atoms with Gasteiger partial charge in [-0.1, -0.05) is 0 Å². The lowest BCUT2D eigenvalue weighted by Gasteiger charge is -2.32. The zero-order valence-electron chi connectivity index (χ0n) is 17.4. The molecular formula is C22H27N5O3. The van der Waals surface area contributed by atoms with Crippen LogP contribution in [0.25, 0.3) is 22.3 Å². The minimum atomic E-state index is -0.714. The van der Waals surface area contributed by atoms with Crippen molar-refractivity contribution in [2.75, 3.05) is 31.7 Å². The molecule has 158 valence electrons. The molecule has 4 heterocycles. The number of aryl methyl sites for hydroxylation is 2. The average Bonchev–Trinajstić information content (AvgIpc) is 3.15. The topological polar surface area (TPSA) is 93.4 Å². The van der Waals surface area contributed by atoms with Crippen LogP contribution >= 0.6 is 0 Å². The predicted molar refractivity (Wildman–Crippen MR) is 115 cm³/mol. The SMILES string of the molecule is COCCCc1cnc(-c2ccnc3c2ccn3C)c(N2CCC(C(=O)O)CC2)n1. The quantitative estimate of drug-likeness (QED) is 0.600. The van der Waals surface area contributed by atoms with E-state index < -0.39 is 5.97 Å². The monoisotopic (exact) mass is 409 g/mol. The summed E-state index contributed by atoms with van der Waals surface area (Å²) in [4.78, 5) is 27.8. The maximum atomic E-state index is 11.4. The van der Waals surface area contributed by atoms with Crippen LogP contribution in [-0.2, 0) is 23.0 Å². The number of carbonyl (C=O) groups is 1. The smallest absolute Gasteiger partial charge is 0.306 e. The van der Waals surface area contributed by atoms with Gasteiger partial charge in [-0.25, -0.2) is 9.97 Å². The van der Waals surface area contributed by atoms with Crippen molar-refractivity contribution in [2.24, 2.45) is 13.0 Å². The van der Waals surface area contributed by atoms with Crippen molar-refractivity contribution in [3.05, 3.63) is 36.4 Å². The number of nitrogens with zero attached hydrogens (tertiary/aromatic N) is 5. The van der Waals surface area contributed by atoms with Gasteiger partial charge in [-0.05, 0) is 37.8 Å². The molecule has 1 N–H and O–H groups in total. The molecule has 30 heavy (non-hydrogen) atoms.